The number of hydrogen-bond donors (Lipinski definition) is 1. The molecule has 1 aromatic carbocycles. The molecule has 1 saturated heterocycles. The molecule has 5 heteroatoms. The van der Waals surface area contributed by atoms with E-state index in [4.69, 9.17) is 17.5 Å². The topological polar surface area (TPSA) is 47.8 Å². The van der Waals surface area contributed by atoms with E-state index < -0.39 is 0 Å². The molecule has 1 atom stereocenters. The molecule has 1 unspecified atom stereocenters. The molecule has 104 valence electrons. The van der Waals surface area contributed by atoms with Crippen molar-refractivity contribution in [1.82, 2.24) is 14.5 Å². The number of nitrogens with one attached hydrogen (secondary N) is 1. The van der Waals surface area contributed by atoms with Crippen molar-refractivity contribution >= 4 is 23.3 Å². The van der Waals surface area contributed by atoms with Crippen LogP contribution in [0.3, 0.4) is 0 Å². The van der Waals surface area contributed by atoms with Crippen molar-refractivity contribution in [1.29, 1.82) is 5.26 Å². The van der Waals surface area contributed by atoms with Gasteiger partial charge in [0.05, 0.1) is 22.7 Å². The Balaban J connectivity index is 1.93. The van der Waals surface area contributed by atoms with E-state index >= 15 is 0 Å². The molecular weight excluding hydrogens is 268 g/mol. The number of aromatic nitrogens is 2. The standard InChI is InChI=1S/C15H18N4S/c1-2-18-6-5-12(9-18)10-19-14-7-11(8-16)3-4-13(14)17-15(19)20/h3-4,7,12H,2,5-6,9-10H2,1H3,(H,17,20). The Bertz CT molecular complexity index is 722. The van der Waals surface area contributed by atoms with Gasteiger partial charge in [0.2, 0.25) is 0 Å². The lowest BCUT2D eigenvalue weighted by atomic mass is 10.1. The van der Waals surface area contributed by atoms with Gasteiger partial charge in [-0.25, -0.2) is 0 Å². The smallest absolute Gasteiger partial charge is 0.178 e. The molecule has 1 N–H and O–H groups in total. The molecule has 0 radical (unpaired) electrons. The molecule has 1 aliphatic heterocycles. The highest BCUT2D eigenvalue weighted by molar-refractivity contribution is 7.71. The predicted molar refractivity (Wildman–Crippen MR) is 82.1 cm³/mol. The normalized spacial score (nSPS) is 19.5. The van der Waals surface area contributed by atoms with Crippen molar-refractivity contribution in [3.63, 3.8) is 0 Å². The third-order valence-electron chi connectivity index (χ3n) is 4.16. The molecule has 20 heavy (non-hydrogen) atoms. The summed E-state index contributed by atoms with van der Waals surface area (Å²) in [7, 11) is 0. The Morgan fingerprint density at radius 3 is 3.05 bits per heavy atom. The number of hydrogen-bond acceptors (Lipinski definition) is 3. The lowest BCUT2D eigenvalue weighted by Crippen LogP contribution is -2.21. The van der Waals surface area contributed by atoms with Gasteiger partial charge in [-0.2, -0.15) is 5.26 Å². The fourth-order valence-corrected chi connectivity index (χ4v) is 3.29. The molecule has 0 saturated carbocycles. The molecular formula is C15H18N4S. The highest BCUT2D eigenvalue weighted by atomic mass is 32.1. The maximum atomic E-state index is 9.04. The molecule has 1 fully saturated rings. The number of imidazole rings is 1. The molecule has 2 aromatic rings. The SMILES string of the molecule is CCN1CCC(Cn2c(=S)[nH]c3ccc(C#N)cc32)C1. The molecule has 0 amide bonds. The van der Waals surface area contributed by atoms with Crippen LogP contribution in [0.15, 0.2) is 18.2 Å². The van der Waals surface area contributed by atoms with Gasteiger partial charge in [0.1, 0.15) is 0 Å². The number of likely N-dealkylation sites (tertiary alicyclic amines) is 1. The van der Waals surface area contributed by atoms with Crippen molar-refractivity contribution < 1.29 is 0 Å². The monoisotopic (exact) mass is 286 g/mol. The largest absolute Gasteiger partial charge is 0.331 e. The summed E-state index contributed by atoms with van der Waals surface area (Å²) in [5, 5.41) is 9.04. The lowest BCUT2D eigenvalue weighted by molar-refractivity contribution is 0.333. The summed E-state index contributed by atoms with van der Waals surface area (Å²) in [6.45, 7) is 6.58. The van der Waals surface area contributed by atoms with Gasteiger partial charge in [-0.1, -0.05) is 6.92 Å². The van der Waals surface area contributed by atoms with Gasteiger partial charge in [0.25, 0.3) is 0 Å². The number of aromatic amines is 1. The van der Waals surface area contributed by atoms with Crippen LogP contribution in [-0.2, 0) is 6.54 Å². The third-order valence-corrected chi connectivity index (χ3v) is 4.48. The molecule has 3 rings (SSSR count). The van der Waals surface area contributed by atoms with E-state index in [1.165, 1.54) is 13.0 Å². The predicted octanol–water partition coefficient (Wildman–Crippen LogP) is 2.91. The van der Waals surface area contributed by atoms with Crippen molar-refractivity contribution in [3.8, 4) is 6.07 Å². The van der Waals surface area contributed by atoms with E-state index in [0.717, 1.165) is 35.4 Å². The fraction of sp³-hybridized carbons (Fsp3) is 0.467. The van der Waals surface area contributed by atoms with Crippen molar-refractivity contribution in [2.24, 2.45) is 5.92 Å². The summed E-state index contributed by atoms with van der Waals surface area (Å²) < 4.78 is 2.90. The van der Waals surface area contributed by atoms with Crippen molar-refractivity contribution in [3.05, 3.63) is 28.5 Å². The van der Waals surface area contributed by atoms with Crippen LogP contribution in [0.2, 0.25) is 0 Å². The van der Waals surface area contributed by atoms with E-state index in [-0.39, 0.29) is 0 Å². The van der Waals surface area contributed by atoms with Gasteiger partial charge in [-0.05, 0) is 55.8 Å². The first-order valence-electron chi connectivity index (χ1n) is 7.06. The first-order chi connectivity index (χ1) is 9.71. The number of nitrogens with zero attached hydrogens (tertiary/aromatic N) is 3. The second-order valence-electron chi connectivity index (χ2n) is 5.43. The fourth-order valence-electron chi connectivity index (χ4n) is 3.01. The van der Waals surface area contributed by atoms with E-state index in [0.29, 0.717) is 11.5 Å². The first-order valence-corrected chi connectivity index (χ1v) is 7.47. The molecule has 1 aromatic heterocycles. The molecule has 0 aliphatic carbocycles. The third kappa shape index (κ3) is 2.37. The Kier molecular flexibility index (Phi) is 3.60. The average molecular weight is 286 g/mol. The Labute approximate surface area is 123 Å². The minimum absolute atomic E-state index is 0.645. The summed E-state index contributed by atoms with van der Waals surface area (Å²) in [5.74, 6) is 0.645. The number of nitriles is 1. The first kappa shape index (κ1) is 13.3. The van der Waals surface area contributed by atoms with Gasteiger partial charge in [0, 0.05) is 13.1 Å². The van der Waals surface area contributed by atoms with E-state index in [2.05, 4.69) is 27.4 Å². The Morgan fingerprint density at radius 1 is 1.50 bits per heavy atom. The maximum absolute atomic E-state index is 9.04. The molecule has 1 aliphatic rings. The van der Waals surface area contributed by atoms with Gasteiger partial charge in [0.15, 0.2) is 4.77 Å². The van der Waals surface area contributed by atoms with Crippen molar-refractivity contribution in [2.75, 3.05) is 19.6 Å². The average Bonchev–Trinajstić information content (AvgIpc) is 3.04. The number of H-pyrrole nitrogens is 1. The van der Waals surface area contributed by atoms with Crippen LogP contribution in [0, 0.1) is 22.0 Å². The minimum atomic E-state index is 0.645. The summed E-state index contributed by atoms with van der Waals surface area (Å²) in [5.41, 5.74) is 2.74. The van der Waals surface area contributed by atoms with Crippen LogP contribution < -0.4 is 0 Å². The number of benzene rings is 1. The van der Waals surface area contributed by atoms with Crippen LogP contribution in [0.25, 0.3) is 11.0 Å². The zero-order chi connectivity index (χ0) is 14.1. The zero-order valence-corrected chi connectivity index (χ0v) is 12.4. The van der Waals surface area contributed by atoms with Crippen LogP contribution in [-0.4, -0.2) is 34.1 Å². The quantitative estimate of drug-likeness (QED) is 0.883. The Hall–Kier alpha value is -1.64. The van der Waals surface area contributed by atoms with Crippen LogP contribution in [0.1, 0.15) is 18.9 Å². The van der Waals surface area contributed by atoms with Gasteiger partial charge in [-0.15, -0.1) is 0 Å². The van der Waals surface area contributed by atoms with Crippen LogP contribution in [0.5, 0.6) is 0 Å². The van der Waals surface area contributed by atoms with E-state index in [9.17, 15) is 0 Å². The van der Waals surface area contributed by atoms with Crippen LogP contribution in [0.4, 0.5) is 0 Å². The second-order valence-corrected chi connectivity index (χ2v) is 5.82. The molecule has 0 bridgehead atoms. The van der Waals surface area contributed by atoms with E-state index in [1.54, 1.807) is 0 Å². The second kappa shape index (κ2) is 5.39. The van der Waals surface area contributed by atoms with Crippen molar-refractivity contribution in [2.45, 2.75) is 19.9 Å². The van der Waals surface area contributed by atoms with Gasteiger partial charge >= 0.3 is 0 Å². The van der Waals surface area contributed by atoms with Crippen LogP contribution >= 0.6 is 12.2 Å². The number of rotatable bonds is 3. The minimum Gasteiger partial charge on any atom is -0.331 e. The molecule has 0 spiro atoms. The van der Waals surface area contributed by atoms with Gasteiger partial charge in [-0.3, -0.25) is 0 Å². The lowest BCUT2D eigenvalue weighted by Gasteiger charge is -2.14. The molecule has 2 heterocycles. The van der Waals surface area contributed by atoms with E-state index in [1.807, 2.05) is 18.2 Å². The summed E-state index contributed by atoms with van der Waals surface area (Å²) >= 11 is 5.44. The zero-order valence-electron chi connectivity index (χ0n) is 11.6. The Morgan fingerprint density at radius 2 is 2.35 bits per heavy atom. The summed E-state index contributed by atoms with van der Waals surface area (Å²) in [6.07, 6.45) is 1.22. The summed E-state index contributed by atoms with van der Waals surface area (Å²) in [6, 6.07) is 7.88. The molecule has 4 nitrogen and oxygen atoms in total. The van der Waals surface area contributed by atoms with Gasteiger partial charge < -0.3 is 14.5 Å². The highest BCUT2D eigenvalue weighted by Gasteiger charge is 2.22. The number of fused-ring (bicyclic) bond motifs is 1. The maximum Gasteiger partial charge on any atom is 0.178 e. The summed E-state index contributed by atoms with van der Waals surface area (Å²) in [4.78, 5) is 5.71. The highest BCUT2D eigenvalue weighted by Crippen LogP contribution is 2.22.